The quantitative estimate of drug-likeness (QED) is 0.893. The summed E-state index contributed by atoms with van der Waals surface area (Å²) in [5.74, 6) is 0.267. The maximum absolute atomic E-state index is 12.4. The van der Waals surface area contributed by atoms with E-state index >= 15 is 0 Å². The number of hydrogen-bond acceptors (Lipinski definition) is 3. The summed E-state index contributed by atoms with van der Waals surface area (Å²) in [5, 5.41) is 0. The molecule has 2 aliphatic rings. The topological polar surface area (TPSA) is 72.2 Å². The van der Waals surface area contributed by atoms with Gasteiger partial charge >= 0.3 is 0 Å². The number of benzene rings is 1. The van der Waals surface area contributed by atoms with Crippen LogP contribution in [0.1, 0.15) is 43.2 Å². The molecule has 0 bridgehead atoms. The molecule has 1 fully saturated rings. The zero-order valence-corrected chi connectivity index (χ0v) is 13.2. The molecule has 116 valence electrons. The molecule has 0 aromatic heterocycles. The summed E-state index contributed by atoms with van der Waals surface area (Å²) in [6.45, 7) is 0.459. The van der Waals surface area contributed by atoms with Gasteiger partial charge in [-0.15, -0.1) is 0 Å². The summed E-state index contributed by atoms with van der Waals surface area (Å²) in [4.78, 5) is 0.396. The van der Waals surface area contributed by atoms with E-state index in [-0.39, 0.29) is 12.0 Å². The minimum Gasteiger partial charge on any atom is -0.327 e. The average Bonchev–Trinajstić information content (AvgIpc) is 2.94. The largest absolute Gasteiger partial charge is 0.327 e. The van der Waals surface area contributed by atoms with E-state index in [1.807, 2.05) is 12.1 Å². The van der Waals surface area contributed by atoms with E-state index in [1.165, 1.54) is 11.1 Å². The van der Waals surface area contributed by atoms with Crippen molar-refractivity contribution in [2.45, 2.75) is 55.9 Å². The number of nitrogens with two attached hydrogens (primary N) is 1. The maximum Gasteiger partial charge on any atom is 0.240 e. The zero-order valence-electron chi connectivity index (χ0n) is 12.3. The van der Waals surface area contributed by atoms with E-state index in [9.17, 15) is 8.42 Å². The molecular formula is C16H24N2O2S. The predicted octanol–water partition coefficient (Wildman–Crippen LogP) is 1.97. The van der Waals surface area contributed by atoms with Gasteiger partial charge in [0.1, 0.15) is 0 Å². The van der Waals surface area contributed by atoms with E-state index < -0.39 is 10.0 Å². The molecule has 0 aliphatic heterocycles. The van der Waals surface area contributed by atoms with Gasteiger partial charge in [0.2, 0.25) is 10.0 Å². The number of nitrogens with one attached hydrogen (secondary N) is 1. The van der Waals surface area contributed by atoms with Crippen molar-refractivity contribution in [3.8, 4) is 0 Å². The summed E-state index contributed by atoms with van der Waals surface area (Å²) < 4.78 is 27.6. The fourth-order valence-electron chi connectivity index (χ4n) is 3.51. The lowest BCUT2D eigenvalue weighted by molar-refractivity contribution is 0.308. The van der Waals surface area contributed by atoms with Crippen LogP contribution in [0, 0.1) is 5.92 Å². The van der Waals surface area contributed by atoms with Crippen LogP contribution in [0.3, 0.4) is 0 Å². The number of hydrogen-bond donors (Lipinski definition) is 2. The third kappa shape index (κ3) is 3.30. The molecule has 21 heavy (non-hydrogen) atoms. The van der Waals surface area contributed by atoms with Gasteiger partial charge in [-0.3, -0.25) is 0 Å². The van der Waals surface area contributed by atoms with Crippen LogP contribution in [0.5, 0.6) is 0 Å². The van der Waals surface area contributed by atoms with Crippen molar-refractivity contribution in [1.82, 2.24) is 4.72 Å². The van der Waals surface area contributed by atoms with Crippen LogP contribution in [0.15, 0.2) is 23.1 Å². The lowest BCUT2D eigenvalue weighted by Gasteiger charge is -2.28. The number of fused-ring (bicyclic) bond motifs is 1. The molecule has 0 saturated heterocycles. The molecule has 2 aliphatic carbocycles. The normalized spacial score (nSPS) is 25.8. The molecule has 0 heterocycles. The van der Waals surface area contributed by atoms with Gasteiger partial charge in [0.25, 0.3) is 0 Å². The molecule has 5 heteroatoms. The summed E-state index contributed by atoms with van der Waals surface area (Å²) in [7, 11) is -3.41. The first-order valence-corrected chi connectivity index (χ1v) is 9.41. The monoisotopic (exact) mass is 308 g/mol. The summed E-state index contributed by atoms with van der Waals surface area (Å²) in [5.41, 5.74) is 8.57. The van der Waals surface area contributed by atoms with E-state index in [0.717, 1.165) is 44.9 Å². The Kier molecular flexibility index (Phi) is 4.33. The van der Waals surface area contributed by atoms with Gasteiger partial charge in [-0.05, 0) is 61.3 Å². The summed E-state index contributed by atoms with van der Waals surface area (Å²) in [6.07, 6.45) is 7.53. The molecule has 0 amide bonds. The van der Waals surface area contributed by atoms with Crippen LogP contribution >= 0.6 is 0 Å². The van der Waals surface area contributed by atoms with Crippen molar-refractivity contribution in [3.05, 3.63) is 29.3 Å². The molecular weight excluding hydrogens is 284 g/mol. The van der Waals surface area contributed by atoms with Crippen molar-refractivity contribution in [1.29, 1.82) is 0 Å². The van der Waals surface area contributed by atoms with Crippen LogP contribution in [-0.2, 0) is 22.9 Å². The van der Waals surface area contributed by atoms with E-state index in [2.05, 4.69) is 4.72 Å². The first-order chi connectivity index (χ1) is 10.1. The zero-order chi connectivity index (χ0) is 14.9. The van der Waals surface area contributed by atoms with Gasteiger partial charge in [0.05, 0.1) is 4.90 Å². The van der Waals surface area contributed by atoms with Crippen LogP contribution < -0.4 is 10.5 Å². The van der Waals surface area contributed by atoms with Crippen LogP contribution in [0.2, 0.25) is 0 Å². The Bertz CT molecular complexity index is 613. The van der Waals surface area contributed by atoms with E-state index in [1.54, 1.807) is 6.07 Å². The Morgan fingerprint density at radius 2 is 1.86 bits per heavy atom. The third-order valence-corrected chi connectivity index (χ3v) is 6.30. The second kappa shape index (κ2) is 6.07. The fourth-order valence-corrected chi connectivity index (χ4v) is 4.65. The number of rotatable bonds is 4. The highest BCUT2D eigenvalue weighted by molar-refractivity contribution is 7.89. The van der Waals surface area contributed by atoms with Crippen LogP contribution in [0.25, 0.3) is 0 Å². The minimum absolute atomic E-state index is 0.126. The van der Waals surface area contributed by atoms with E-state index in [0.29, 0.717) is 11.4 Å². The maximum atomic E-state index is 12.4. The second-order valence-electron chi connectivity index (χ2n) is 6.34. The van der Waals surface area contributed by atoms with Gasteiger partial charge in [-0.1, -0.05) is 18.9 Å². The summed E-state index contributed by atoms with van der Waals surface area (Å²) >= 11 is 0. The molecule has 0 radical (unpaired) electrons. The lowest BCUT2D eigenvalue weighted by Crippen LogP contribution is -2.41. The van der Waals surface area contributed by atoms with Crippen molar-refractivity contribution >= 4 is 10.0 Å². The molecule has 1 aromatic carbocycles. The molecule has 4 nitrogen and oxygen atoms in total. The molecule has 3 N–H and O–H groups in total. The smallest absolute Gasteiger partial charge is 0.240 e. The third-order valence-electron chi connectivity index (χ3n) is 4.88. The predicted molar refractivity (Wildman–Crippen MR) is 83.6 cm³/mol. The SMILES string of the molecule is NC1CCCCC1CNS(=O)(=O)c1ccc2c(c1)CCC2. The highest BCUT2D eigenvalue weighted by Gasteiger charge is 2.24. The molecule has 2 unspecified atom stereocenters. The molecule has 0 spiro atoms. The van der Waals surface area contributed by atoms with Crippen LogP contribution in [-0.4, -0.2) is 21.0 Å². The first kappa shape index (κ1) is 15.0. The highest BCUT2D eigenvalue weighted by atomic mass is 32.2. The van der Waals surface area contributed by atoms with Crippen molar-refractivity contribution in [2.24, 2.45) is 11.7 Å². The van der Waals surface area contributed by atoms with Gasteiger partial charge in [0, 0.05) is 12.6 Å². The average molecular weight is 308 g/mol. The Hall–Kier alpha value is -0.910. The highest BCUT2D eigenvalue weighted by Crippen LogP contribution is 2.26. The summed E-state index contributed by atoms with van der Waals surface area (Å²) in [6, 6.07) is 5.66. The van der Waals surface area contributed by atoms with Gasteiger partial charge in [0.15, 0.2) is 0 Å². The molecule has 3 rings (SSSR count). The van der Waals surface area contributed by atoms with Gasteiger partial charge in [-0.2, -0.15) is 0 Å². The minimum atomic E-state index is -3.41. The molecule has 1 aromatic rings. The number of aryl methyl sites for hydroxylation is 2. The Morgan fingerprint density at radius 3 is 2.67 bits per heavy atom. The Morgan fingerprint density at radius 1 is 1.10 bits per heavy atom. The fraction of sp³-hybridized carbons (Fsp3) is 0.625. The van der Waals surface area contributed by atoms with Crippen molar-refractivity contribution in [3.63, 3.8) is 0 Å². The standard InChI is InChI=1S/C16H24N2O2S/c17-16-7-2-1-4-14(16)11-18-21(19,20)15-9-8-12-5-3-6-13(12)10-15/h8-10,14,16,18H,1-7,11,17H2. The van der Waals surface area contributed by atoms with E-state index in [4.69, 9.17) is 5.73 Å². The first-order valence-electron chi connectivity index (χ1n) is 7.93. The van der Waals surface area contributed by atoms with Gasteiger partial charge in [-0.25, -0.2) is 13.1 Å². The Balaban J connectivity index is 1.69. The number of sulfonamides is 1. The van der Waals surface area contributed by atoms with Crippen LogP contribution in [0.4, 0.5) is 0 Å². The molecule has 1 saturated carbocycles. The van der Waals surface area contributed by atoms with Crippen molar-refractivity contribution in [2.75, 3.05) is 6.54 Å². The van der Waals surface area contributed by atoms with Crippen molar-refractivity contribution < 1.29 is 8.42 Å². The molecule has 2 atom stereocenters. The second-order valence-corrected chi connectivity index (χ2v) is 8.11. The Labute approximate surface area is 127 Å². The lowest BCUT2D eigenvalue weighted by atomic mass is 9.85. The van der Waals surface area contributed by atoms with Gasteiger partial charge < -0.3 is 5.73 Å².